The fourth-order valence-electron chi connectivity index (χ4n) is 1.65. The van der Waals surface area contributed by atoms with Gasteiger partial charge >= 0.3 is 0 Å². The Morgan fingerprint density at radius 1 is 1.22 bits per heavy atom. The molecule has 2 rings (SSSR count). The molecule has 0 bridgehead atoms. The quantitative estimate of drug-likeness (QED) is 0.923. The van der Waals surface area contributed by atoms with Crippen molar-refractivity contribution in [1.82, 2.24) is 9.36 Å². The molecule has 0 spiro atoms. The van der Waals surface area contributed by atoms with E-state index >= 15 is 0 Å². The Bertz CT molecular complexity index is 499. The van der Waals surface area contributed by atoms with E-state index in [9.17, 15) is 0 Å². The van der Waals surface area contributed by atoms with Crippen LogP contribution in [0.15, 0.2) is 30.3 Å². The molecule has 1 aromatic heterocycles. The van der Waals surface area contributed by atoms with Crippen LogP contribution in [-0.2, 0) is 11.8 Å². The minimum Gasteiger partial charge on any atom is -0.324 e. The summed E-state index contributed by atoms with van der Waals surface area (Å²) >= 11 is 1.46. The molecule has 4 heteroatoms. The van der Waals surface area contributed by atoms with Gasteiger partial charge in [-0.25, -0.2) is 4.98 Å². The van der Waals surface area contributed by atoms with E-state index in [1.165, 1.54) is 11.5 Å². The minimum absolute atomic E-state index is 0.00555. The third-order valence-electron chi connectivity index (χ3n) is 2.76. The molecule has 0 saturated carbocycles. The van der Waals surface area contributed by atoms with E-state index < -0.39 is 0 Å². The van der Waals surface area contributed by atoms with Gasteiger partial charge in [0, 0.05) is 17.9 Å². The lowest BCUT2D eigenvalue weighted by Crippen LogP contribution is -2.15. The zero-order chi connectivity index (χ0) is 13.2. The maximum atomic E-state index is 6.18. The monoisotopic (exact) mass is 261 g/mol. The lowest BCUT2D eigenvalue weighted by Gasteiger charge is -2.12. The summed E-state index contributed by atoms with van der Waals surface area (Å²) in [5.74, 6) is 0.905. The molecule has 0 amide bonds. The van der Waals surface area contributed by atoms with Crippen molar-refractivity contribution in [1.29, 1.82) is 0 Å². The van der Waals surface area contributed by atoms with Crippen molar-refractivity contribution in [3.63, 3.8) is 0 Å². The van der Waals surface area contributed by atoms with Gasteiger partial charge in [0.25, 0.3) is 0 Å². The number of benzene rings is 1. The predicted molar refractivity (Wildman–Crippen MR) is 75.7 cm³/mol. The highest BCUT2D eigenvalue weighted by atomic mass is 32.1. The maximum Gasteiger partial charge on any atom is 0.147 e. The van der Waals surface area contributed by atoms with Crippen LogP contribution in [0.3, 0.4) is 0 Å². The van der Waals surface area contributed by atoms with E-state index in [4.69, 9.17) is 5.73 Å². The number of aromatic nitrogens is 2. The third kappa shape index (κ3) is 3.15. The highest BCUT2D eigenvalue weighted by Crippen LogP contribution is 2.23. The normalized spacial score (nSPS) is 13.6. The highest BCUT2D eigenvalue weighted by Gasteiger charge is 2.20. The largest absolute Gasteiger partial charge is 0.324 e. The Kier molecular flexibility index (Phi) is 3.78. The van der Waals surface area contributed by atoms with Gasteiger partial charge in [-0.3, -0.25) is 0 Å². The number of hydrogen-bond donors (Lipinski definition) is 1. The van der Waals surface area contributed by atoms with Crippen LogP contribution in [-0.4, -0.2) is 9.36 Å². The van der Waals surface area contributed by atoms with Gasteiger partial charge in [-0.05, 0) is 17.1 Å². The average Bonchev–Trinajstić information content (AvgIpc) is 2.78. The van der Waals surface area contributed by atoms with Gasteiger partial charge in [-0.1, -0.05) is 51.1 Å². The fourth-order valence-corrected chi connectivity index (χ4v) is 2.54. The average molecular weight is 261 g/mol. The van der Waals surface area contributed by atoms with E-state index in [-0.39, 0.29) is 11.5 Å². The molecule has 1 aromatic carbocycles. The van der Waals surface area contributed by atoms with Crippen molar-refractivity contribution >= 4 is 11.5 Å². The summed E-state index contributed by atoms with van der Waals surface area (Å²) < 4.78 is 4.41. The van der Waals surface area contributed by atoms with Crippen LogP contribution in [0.25, 0.3) is 0 Å². The van der Waals surface area contributed by atoms with E-state index in [1.807, 2.05) is 18.2 Å². The van der Waals surface area contributed by atoms with Gasteiger partial charge in [-0.2, -0.15) is 4.37 Å². The van der Waals surface area contributed by atoms with Crippen molar-refractivity contribution in [2.75, 3.05) is 0 Å². The molecule has 18 heavy (non-hydrogen) atoms. The lowest BCUT2D eigenvalue weighted by molar-refractivity contribution is 0.551. The van der Waals surface area contributed by atoms with Gasteiger partial charge in [0.15, 0.2) is 0 Å². The number of nitrogens with zero attached hydrogens (tertiary/aromatic N) is 2. The van der Waals surface area contributed by atoms with Crippen LogP contribution in [0.4, 0.5) is 0 Å². The minimum atomic E-state index is -0.00744. The molecular formula is C14H19N3S. The summed E-state index contributed by atoms with van der Waals surface area (Å²) in [7, 11) is 0. The SMILES string of the molecule is CC(C)(C)c1nsc(CC(N)c2ccccc2)n1. The van der Waals surface area contributed by atoms with Crippen molar-refractivity contribution in [3.05, 3.63) is 46.7 Å². The van der Waals surface area contributed by atoms with E-state index in [0.29, 0.717) is 0 Å². The predicted octanol–water partition coefficient (Wildman–Crippen LogP) is 3.08. The summed E-state index contributed by atoms with van der Waals surface area (Å²) in [5.41, 5.74) is 7.33. The van der Waals surface area contributed by atoms with Crippen LogP contribution in [0, 0.1) is 0 Å². The molecule has 0 aliphatic rings. The molecule has 0 fully saturated rings. The summed E-state index contributed by atoms with van der Waals surface area (Å²) in [4.78, 5) is 4.57. The topological polar surface area (TPSA) is 51.8 Å². The summed E-state index contributed by atoms with van der Waals surface area (Å²) in [5, 5.41) is 1.01. The molecule has 2 aromatic rings. The highest BCUT2D eigenvalue weighted by molar-refractivity contribution is 7.05. The van der Waals surface area contributed by atoms with Crippen molar-refractivity contribution in [3.8, 4) is 0 Å². The first-order chi connectivity index (χ1) is 8.47. The van der Waals surface area contributed by atoms with Crippen molar-refractivity contribution in [2.45, 2.75) is 38.6 Å². The zero-order valence-corrected chi connectivity index (χ0v) is 11.9. The Morgan fingerprint density at radius 2 is 1.89 bits per heavy atom. The molecule has 0 aliphatic carbocycles. The molecule has 0 aliphatic heterocycles. The smallest absolute Gasteiger partial charge is 0.147 e. The number of rotatable bonds is 3. The summed E-state index contributed by atoms with van der Waals surface area (Å²) in [6.07, 6.45) is 0.748. The molecule has 0 radical (unpaired) electrons. The Balaban J connectivity index is 2.08. The number of hydrogen-bond acceptors (Lipinski definition) is 4. The third-order valence-corrected chi connectivity index (χ3v) is 3.49. The molecule has 96 valence electrons. The molecule has 3 nitrogen and oxygen atoms in total. The van der Waals surface area contributed by atoms with Gasteiger partial charge < -0.3 is 5.73 Å². The lowest BCUT2D eigenvalue weighted by atomic mass is 9.96. The van der Waals surface area contributed by atoms with Crippen LogP contribution >= 0.6 is 11.5 Å². The molecule has 2 N–H and O–H groups in total. The first-order valence-corrected chi connectivity index (χ1v) is 6.88. The fraction of sp³-hybridized carbons (Fsp3) is 0.429. The van der Waals surface area contributed by atoms with Crippen LogP contribution in [0.1, 0.15) is 43.2 Å². The van der Waals surface area contributed by atoms with E-state index in [1.54, 1.807) is 0 Å². The summed E-state index contributed by atoms with van der Waals surface area (Å²) in [6.45, 7) is 6.36. The maximum absolute atomic E-state index is 6.18. The van der Waals surface area contributed by atoms with Crippen molar-refractivity contribution in [2.24, 2.45) is 5.73 Å². The second-order valence-electron chi connectivity index (χ2n) is 5.48. The molecule has 1 atom stereocenters. The van der Waals surface area contributed by atoms with Gasteiger partial charge in [-0.15, -0.1) is 0 Å². The zero-order valence-electron chi connectivity index (χ0n) is 11.1. The van der Waals surface area contributed by atoms with E-state index in [0.717, 1.165) is 22.8 Å². The first kappa shape index (κ1) is 13.2. The molecule has 1 heterocycles. The Morgan fingerprint density at radius 3 is 2.44 bits per heavy atom. The van der Waals surface area contributed by atoms with Crippen LogP contribution < -0.4 is 5.73 Å². The van der Waals surface area contributed by atoms with Crippen molar-refractivity contribution < 1.29 is 0 Å². The van der Waals surface area contributed by atoms with E-state index in [2.05, 4.69) is 42.3 Å². The standard InChI is InChI=1S/C14H19N3S/c1-14(2,3)13-16-12(18-17-13)9-11(15)10-7-5-4-6-8-10/h4-8,11H,9,15H2,1-3H3. The van der Waals surface area contributed by atoms with Crippen LogP contribution in [0.2, 0.25) is 0 Å². The molecular weight excluding hydrogens is 242 g/mol. The van der Waals surface area contributed by atoms with Gasteiger partial charge in [0.05, 0.1) is 0 Å². The van der Waals surface area contributed by atoms with Crippen LogP contribution in [0.5, 0.6) is 0 Å². The Labute approximate surface area is 112 Å². The van der Waals surface area contributed by atoms with Gasteiger partial charge in [0.2, 0.25) is 0 Å². The second kappa shape index (κ2) is 5.16. The summed E-state index contributed by atoms with van der Waals surface area (Å²) in [6, 6.07) is 10.1. The van der Waals surface area contributed by atoms with Gasteiger partial charge in [0.1, 0.15) is 10.8 Å². The number of nitrogens with two attached hydrogens (primary N) is 1. The molecule has 1 unspecified atom stereocenters. The first-order valence-electron chi connectivity index (χ1n) is 6.10. The second-order valence-corrected chi connectivity index (χ2v) is 6.32. The molecule has 0 saturated heterocycles. The Hall–Kier alpha value is -1.26.